The Morgan fingerprint density at radius 1 is 0.224 bits per heavy atom. The quantitative estimate of drug-likeness (QED) is 0.0397. The molecule has 1 heterocycles. The maximum Gasteiger partial charge on any atom is 0.0465 e. The van der Waals surface area contributed by atoms with Crippen molar-refractivity contribution in [3.8, 4) is 44.5 Å². The molecule has 0 unspecified atom stereocenters. The van der Waals surface area contributed by atoms with E-state index in [0.717, 1.165) is 0 Å². The van der Waals surface area contributed by atoms with Crippen LogP contribution >= 0.6 is 11.3 Å². The Kier molecular flexibility index (Phi) is 22.3. The van der Waals surface area contributed by atoms with Crippen LogP contribution in [-0.2, 0) is 21.7 Å². The van der Waals surface area contributed by atoms with Gasteiger partial charge in [0, 0.05) is 65.5 Å². The lowest BCUT2D eigenvalue weighted by Crippen LogP contribution is -2.26. The number of nitrogens with zero attached hydrogens (tertiary/aromatic N) is 2. The summed E-state index contributed by atoms with van der Waals surface area (Å²) in [6.45, 7) is 18.9. The van der Waals surface area contributed by atoms with Gasteiger partial charge in [-0.2, -0.15) is 0 Å². The fourth-order valence-corrected chi connectivity index (χ4v) is 20.9. The van der Waals surface area contributed by atoms with E-state index in [-0.39, 0.29) is 21.7 Å². The van der Waals surface area contributed by atoms with Crippen LogP contribution in [-0.4, -0.2) is 0 Å². The highest BCUT2D eigenvalue weighted by atomic mass is 32.1. The van der Waals surface area contributed by atoms with Gasteiger partial charge in [-0.1, -0.05) is 316 Å². The van der Waals surface area contributed by atoms with Crippen LogP contribution in [0.3, 0.4) is 0 Å². The molecule has 0 saturated carbocycles. The van der Waals surface area contributed by atoms with Gasteiger partial charge in [0.2, 0.25) is 0 Å². The molecule has 0 amide bonds. The molecular formula is C104H114N2S. The number of benzene rings is 10. The summed E-state index contributed by atoms with van der Waals surface area (Å²) in [6, 6.07) is 90.9. The Morgan fingerprint density at radius 3 is 0.673 bits per heavy atom. The Labute approximate surface area is 646 Å². The molecular weight excluding hydrogens is 1310 g/mol. The minimum Gasteiger partial charge on any atom is -0.310 e. The standard InChI is InChI=1S/C104H114N2S/c1-9-17-63-101(64-18-10-2)93-37-29-25-33-85(93)89-59-51-79(71-97(89)101)105(80-52-60-90-86-34-26-30-38-94(86)102(65-19-11-3,66-20-12-4)98(90)72-80)77-47-41-75(42-48-77)45-55-83-57-58-84(107-83)56-46-76-43-49-78(50-44-76)106(81-53-61-91-87-35-27-31-39-95(87)103(67-21-13-5,68-22-14-6)99(91)73-81)82-54-62-92-88-36-28-32-40-96(88)104(69-23-15-7,70-24-16-8)100(92)74-82/h25-62,71-74H,9-24,63-70H2,1-8H3/b55-45+,56-46+. The van der Waals surface area contributed by atoms with Crippen LogP contribution in [0.1, 0.15) is 275 Å². The zero-order valence-electron chi connectivity index (χ0n) is 65.5. The number of rotatable bonds is 34. The van der Waals surface area contributed by atoms with Gasteiger partial charge < -0.3 is 9.80 Å². The first-order chi connectivity index (χ1) is 52.6. The minimum absolute atomic E-state index is 0.0156. The van der Waals surface area contributed by atoms with Crippen LogP contribution in [0.25, 0.3) is 68.8 Å². The lowest BCUT2D eigenvalue weighted by molar-refractivity contribution is 0.414. The minimum atomic E-state index is -0.0156. The summed E-state index contributed by atoms with van der Waals surface area (Å²) in [5, 5.41) is 0. The third-order valence-electron chi connectivity index (χ3n) is 25.5. The molecule has 4 aliphatic carbocycles. The maximum atomic E-state index is 2.62. The summed E-state index contributed by atoms with van der Waals surface area (Å²) >= 11 is 1.84. The number of hydrogen-bond donors (Lipinski definition) is 0. The summed E-state index contributed by atoms with van der Waals surface area (Å²) in [5.74, 6) is 0. The van der Waals surface area contributed by atoms with Gasteiger partial charge >= 0.3 is 0 Å². The molecule has 15 rings (SSSR count). The van der Waals surface area contributed by atoms with Crippen molar-refractivity contribution in [3.63, 3.8) is 0 Å². The molecule has 2 nitrogen and oxygen atoms in total. The normalized spacial score (nSPS) is 14.7. The summed E-state index contributed by atoms with van der Waals surface area (Å²) in [4.78, 5) is 7.66. The van der Waals surface area contributed by atoms with Crippen molar-refractivity contribution in [3.05, 3.63) is 296 Å². The van der Waals surface area contributed by atoms with Gasteiger partial charge in [-0.3, -0.25) is 0 Å². The molecule has 11 aromatic rings. The second-order valence-electron chi connectivity index (χ2n) is 32.0. The monoisotopic (exact) mass is 1420 g/mol. The van der Waals surface area contributed by atoms with E-state index < -0.39 is 0 Å². The molecule has 0 N–H and O–H groups in total. The summed E-state index contributed by atoms with van der Waals surface area (Å²) in [5.41, 5.74) is 33.1. The third kappa shape index (κ3) is 13.6. The van der Waals surface area contributed by atoms with Gasteiger partial charge in [0.05, 0.1) is 0 Å². The maximum absolute atomic E-state index is 2.62. The largest absolute Gasteiger partial charge is 0.310 e. The van der Waals surface area contributed by atoms with E-state index in [1.807, 2.05) is 11.3 Å². The van der Waals surface area contributed by atoms with Crippen LogP contribution in [0, 0.1) is 0 Å². The molecule has 546 valence electrons. The summed E-state index contributed by atoms with van der Waals surface area (Å²) in [6.07, 6.45) is 37.7. The smallest absolute Gasteiger partial charge is 0.0465 e. The van der Waals surface area contributed by atoms with Crippen molar-refractivity contribution in [2.45, 2.75) is 231 Å². The topological polar surface area (TPSA) is 6.48 Å². The Balaban J connectivity index is 0.744. The highest BCUT2D eigenvalue weighted by Gasteiger charge is 2.47. The van der Waals surface area contributed by atoms with Crippen molar-refractivity contribution < 1.29 is 0 Å². The lowest BCUT2D eigenvalue weighted by atomic mass is 9.70. The van der Waals surface area contributed by atoms with E-state index in [1.165, 1.54) is 298 Å². The zero-order valence-corrected chi connectivity index (χ0v) is 66.3. The molecule has 1 aromatic heterocycles. The number of unbranched alkanes of at least 4 members (excludes halogenated alkanes) is 8. The molecule has 10 aromatic carbocycles. The Morgan fingerprint density at radius 2 is 0.439 bits per heavy atom. The Hall–Kier alpha value is -9.02. The lowest BCUT2D eigenvalue weighted by Gasteiger charge is -2.35. The van der Waals surface area contributed by atoms with Crippen molar-refractivity contribution in [2.75, 3.05) is 9.80 Å². The van der Waals surface area contributed by atoms with Crippen LogP contribution in [0.5, 0.6) is 0 Å². The SMILES string of the molecule is CCCCC1(CCCC)c2ccccc2-c2ccc(N(c3ccc(/C=C/c4ccc(/C=C/c5ccc(N(c6ccc7c(c6)C(CCCC)(CCCC)c6ccccc6-7)c6ccc7c(c6)C(CCCC)(CCCC)c6ccccc6-7)cc5)s4)cc3)c3ccc4c(c3)C(CCCC)(CCCC)c3ccccc3-4)cc21. The molecule has 0 fully saturated rings. The molecule has 0 bridgehead atoms. The molecule has 4 aliphatic rings. The molecule has 3 heteroatoms. The average Bonchev–Trinajstić information content (AvgIpc) is 1.60. The summed E-state index contributed by atoms with van der Waals surface area (Å²) < 4.78 is 0. The van der Waals surface area contributed by atoms with E-state index in [4.69, 9.17) is 0 Å². The van der Waals surface area contributed by atoms with Crippen molar-refractivity contribution in [2.24, 2.45) is 0 Å². The van der Waals surface area contributed by atoms with Crippen LogP contribution in [0.2, 0.25) is 0 Å². The van der Waals surface area contributed by atoms with Gasteiger partial charge in [0.25, 0.3) is 0 Å². The highest BCUT2D eigenvalue weighted by molar-refractivity contribution is 7.13. The number of fused-ring (bicyclic) bond motifs is 12. The first kappa shape index (κ1) is 73.5. The van der Waals surface area contributed by atoms with Crippen LogP contribution in [0.4, 0.5) is 34.1 Å². The van der Waals surface area contributed by atoms with E-state index in [0.29, 0.717) is 0 Å². The van der Waals surface area contributed by atoms with Gasteiger partial charge in [-0.15, -0.1) is 11.3 Å². The molecule has 0 atom stereocenters. The van der Waals surface area contributed by atoms with E-state index >= 15 is 0 Å². The van der Waals surface area contributed by atoms with E-state index in [9.17, 15) is 0 Å². The Bertz CT molecular complexity index is 4390. The van der Waals surface area contributed by atoms with Crippen molar-refractivity contribution >= 4 is 69.8 Å². The molecule has 0 radical (unpaired) electrons. The zero-order chi connectivity index (χ0) is 73.5. The van der Waals surface area contributed by atoms with E-state index in [2.05, 4.69) is 320 Å². The van der Waals surface area contributed by atoms with Crippen molar-refractivity contribution in [1.82, 2.24) is 0 Å². The van der Waals surface area contributed by atoms with Gasteiger partial charge in [0.15, 0.2) is 0 Å². The molecule has 0 spiro atoms. The van der Waals surface area contributed by atoms with Crippen LogP contribution in [0.15, 0.2) is 231 Å². The molecule has 0 aliphatic heterocycles. The van der Waals surface area contributed by atoms with Crippen molar-refractivity contribution in [1.29, 1.82) is 0 Å². The van der Waals surface area contributed by atoms with E-state index in [1.54, 1.807) is 0 Å². The fourth-order valence-electron chi connectivity index (χ4n) is 20.1. The van der Waals surface area contributed by atoms with Crippen LogP contribution < -0.4 is 9.80 Å². The second kappa shape index (κ2) is 32.4. The average molecular weight is 1420 g/mol. The summed E-state index contributed by atoms with van der Waals surface area (Å²) in [7, 11) is 0. The van der Waals surface area contributed by atoms with Gasteiger partial charge in [0.1, 0.15) is 0 Å². The highest BCUT2D eigenvalue weighted by Crippen LogP contribution is 2.61. The predicted octanol–water partition coefficient (Wildman–Crippen LogP) is 31.6. The van der Waals surface area contributed by atoms with Gasteiger partial charge in [-0.05, 0) is 249 Å². The number of thiophene rings is 1. The molecule has 0 saturated heterocycles. The third-order valence-corrected chi connectivity index (χ3v) is 26.5. The molecule has 107 heavy (non-hydrogen) atoms. The number of anilines is 6. The fraction of sp³-hybridized carbons (Fsp3) is 0.346. The first-order valence-corrected chi connectivity index (χ1v) is 42.7. The predicted molar refractivity (Wildman–Crippen MR) is 465 cm³/mol. The second-order valence-corrected chi connectivity index (χ2v) is 33.2. The first-order valence-electron chi connectivity index (χ1n) is 41.9. The number of hydrogen-bond acceptors (Lipinski definition) is 3. The van der Waals surface area contributed by atoms with Gasteiger partial charge in [-0.25, -0.2) is 0 Å².